The molecule has 9 nitrogen and oxygen atoms in total. The normalized spacial score (nSPS) is 13.1. The molecule has 0 aliphatic carbocycles. The summed E-state index contributed by atoms with van der Waals surface area (Å²) in [7, 11) is -7.70. The van der Waals surface area contributed by atoms with Gasteiger partial charge in [-0.3, -0.25) is 0 Å². The van der Waals surface area contributed by atoms with Gasteiger partial charge < -0.3 is 42.9 Å². The molecule has 0 atom stereocenters. The van der Waals surface area contributed by atoms with E-state index in [1.165, 1.54) is 6.92 Å². The van der Waals surface area contributed by atoms with Gasteiger partial charge in [-0.05, 0) is 0 Å². The Bertz CT molecular complexity index is 170. The lowest BCUT2D eigenvalue weighted by molar-refractivity contribution is 0.0348. The maximum absolute atomic E-state index is 8.60. The zero-order valence-corrected chi connectivity index (χ0v) is 11.6. The SMILES string of the molecule is CC(COP(O)O)(COP(O)O)COP(O)O. The molecule has 0 saturated carbocycles. The minimum atomic E-state index is -2.57. The van der Waals surface area contributed by atoms with Gasteiger partial charge in [0.15, 0.2) is 0 Å². The van der Waals surface area contributed by atoms with Crippen LogP contribution in [-0.4, -0.2) is 49.2 Å². The Hall–Kier alpha value is 0.930. The predicted molar refractivity (Wildman–Crippen MR) is 60.0 cm³/mol. The Morgan fingerprint density at radius 1 is 0.706 bits per heavy atom. The van der Waals surface area contributed by atoms with Crippen LogP contribution in [0.5, 0.6) is 0 Å². The van der Waals surface area contributed by atoms with Crippen molar-refractivity contribution in [2.75, 3.05) is 19.8 Å². The van der Waals surface area contributed by atoms with E-state index in [-0.39, 0.29) is 19.8 Å². The summed E-state index contributed by atoms with van der Waals surface area (Å²) in [5.74, 6) is 0. The van der Waals surface area contributed by atoms with Crippen LogP contribution in [0.4, 0.5) is 0 Å². The zero-order chi connectivity index (χ0) is 13.5. The molecule has 0 bridgehead atoms. The third kappa shape index (κ3) is 10.5. The molecular weight excluding hydrogens is 297 g/mol. The fourth-order valence-electron chi connectivity index (χ4n) is 0.766. The van der Waals surface area contributed by atoms with E-state index in [2.05, 4.69) is 13.6 Å². The molecule has 0 aromatic heterocycles. The molecule has 6 N–H and O–H groups in total. The monoisotopic (exact) mass is 312 g/mol. The molecule has 0 aromatic carbocycles. The lowest BCUT2D eigenvalue weighted by atomic mass is 9.95. The minimum absolute atomic E-state index is 0.224. The zero-order valence-electron chi connectivity index (χ0n) is 8.87. The van der Waals surface area contributed by atoms with Crippen LogP contribution in [0.15, 0.2) is 0 Å². The minimum Gasteiger partial charge on any atom is -0.328 e. The summed E-state index contributed by atoms with van der Waals surface area (Å²) in [6.45, 7) is 0.845. The van der Waals surface area contributed by atoms with Crippen LogP contribution in [0.1, 0.15) is 6.92 Å². The molecule has 0 heterocycles. The average Bonchev–Trinajstić information content (AvgIpc) is 2.21. The summed E-state index contributed by atoms with van der Waals surface area (Å²) in [4.78, 5) is 51.6. The highest BCUT2D eigenvalue weighted by atomic mass is 31.2. The fourth-order valence-corrected chi connectivity index (χ4v) is 2.05. The van der Waals surface area contributed by atoms with E-state index in [9.17, 15) is 0 Å². The summed E-state index contributed by atoms with van der Waals surface area (Å²) in [6.07, 6.45) is 0. The molecule has 0 spiro atoms. The molecule has 0 rings (SSSR count). The van der Waals surface area contributed by atoms with E-state index in [1.807, 2.05) is 0 Å². The second-order valence-corrected chi connectivity index (χ2v) is 5.68. The molecule has 0 aromatic rings. The summed E-state index contributed by atoms with van der Waals surface area (Å²) < 4.78 is 13.7. The quantitative estimate of drug-likeness (QED) is 0.315. The molecular formula is C5H15O9P3. The predicted octanol–water partition coefficient (Wildman–Crippen LogP) is -0.323. The Morgan fingerprint density at radius 2 is 0.941 bits per heavy atom. The first kappa shape index (κ1) is 17.9. The van der Waals surface area contributed by atoms with Gasteiger partial charge in [-0.15, -0.1) is 0 Å². The smallest absolute Gasteiger partial charge is 0.327 e. The third-order valence-electron chi connectivity index (χ3n) is 1.59. The molecule has 0 saturated heterocycles. The lowest BCUT2D eigenvalue weighted by Gasteiger charge is -2.28. The van der Waals surface area contributed by atoms with Crippen LogP contribution in [0, 0.1) is 5.41 Å². The van der Waals surface area contributed by atoms with Crippen molar-refractivity contribution in [3.05, 3.63) is 0 Å². The Labute approximate surface area is 102 Å². The summed E-state index contributed by atoms with van der Waals surface area (Å²) in [5.41, 5.74) is -0.982. The van der Waals surface area contributed by atoms with Gasteiger partial charge in [0.05, 0.1) is 19.8 Å². The van der Waals surface area contributed by atoms with Crippen molar-refractivity contribution in [3.8, 4) is 0 Å². The van der Waals surface area contributed by atoms with Gasteiger partial charge in [0.2, 0.25) is 0 Å². The number of rotatable bonds is 9. The summed E-state index contributed by atoms with van der Waals surface area (Å²) in [6, 6.07) is 0. The van der Waals surface area contributed by atoms with Gasteiger partial charge in [-0.2, -0.15) is 0 Å². The topological polar surface area (TPSA) is 149 Å². The van der Waals surface area contributed by atoms with Gasteiger partial charge in [0.25, 0.3) is 0 Å². The molecule has 104 valence electrons. The molecule has 0 fully saturated rings. The molecule has 12 heteroatoms. The van der Waals surface area contributed by atoms with Crippen molar-refractivity contribution in [1.29, 1.82) is 0 Å². The third-order valence-corrected chi connectivity index (χ3v) is 2.67. The maximum atomic E-state index is 8.60. The fraction of sp³-hybridized carbons (Fsp3) is 1.00. The van der Waals surface area contributed by atoms with Gasteiger partial charge in [-0.1, -0.05) is 6.92 Å². The van der Waals surface area contributed by atoms with Crippen LogP contribution in [0.2, 0.25) is 0 Å². The van der Waals surface area contributed by atoms with Crippen molar-refractivity contribution in [2.24, 2.45) is 5.41 Å². The van der Waals surface area contributed by atoms with Crippen molar-refractivity contribution in [2.45, 2.75) is 6.92 Å². The van der Waals surface area contributed by atoms with Gasteiger partial charge in [0, 0.05) is 5.41 Å². The van der Waals surface area contributed by atoms with Crippen LogP contribution >= 0.6 is 25.8 Å². The van der Waals surface area contributed by atoms with Crippen LogP contribution < -0.4 is 0 Å². The summed E-state index contributed by atoms with van der Waals surface area (Å²) in [5, 5.41) is 0. The first-order valence-corrected chi connectivity index (χ1v) is 7.67. The van der Waals surface area contributed by atoms with Gasteiger partial charge in [-0.25, -0.2) is 0 Å². The second-order valence-electron chi connectivity index (χ2n) is 3.39. The van der Waals surface area contributed by atoms with E-state index in [0.717, 1.165) is 0 Å². The van der Waals surface area contributed by atoms with Crippen molar-refractivity contribution in [3.63, 3.8) is 0 Å². The standard InChI is InChI=1S/C5H15O9P3/c1-5(2-12-15(6)7,3-13-16(8)9)4-14-17(10)11/h6-11H,2-4H2,1H3. The van der Waals surface area contributed by atoms with Crippen molar-refractivity contribution >= 4 is 25.8 Å². The Balaban J connectivity index is 4.23. The molecule has 0 unspecified atom stereocenters. The largest absolute Gasteiger partial charge is 0.328 e. The number of hydrogen-bond donors (Lipinski definition) is 6. The highest BCUT2D eigenvalue weighted by molar-refractivity contribution is 7.39. The van der Waals surface area contributed by atoms with E-state index >= 15 is 0 Å². The van der Waals surface area contributed by atoms with Crippen molar-refractivity contribution in [1.82, 2.24) is 0 Å². The van der Waals surface area contributed by atoms with Crippen LogP contribution in [0.3, 0.4) is 0 Å². The Kier molecular flexibility index (Phi) is 9.42. The maximum Gasteiger partial charge on any atom is 0.327 e. The van der Waals surface area contributed by atoms with E-state index in [1.54, 1.807) is 0 Å². The first-order chi connectivity index (χ1) is 7.75. The lowest BCUT2D eigenvalue weighted by Crippen LogP contribution is -2.32. The summed E-state index contributed by atoms with van der Waals surface area (Å²) >= 11 is 0. The van der Waals surface area contributed by atoms with Gasteiger partial charge in [0.1, 0.15) is 0 Å². The van der Waals surface area contributed by atoms with E-state index in [4.69, 9.17) is 29.4 Å². The van der Waals surface area contributed by atoms with Crippen LogP contribution in [0.25, 0.3) is 0 Å². The van der Waals surface area contributed by atoms with Crippen LogP contribution in [-0.2, 0) is 13.6 Å². The average molecular weight is 312 g/mol. The number of hydrogen-bond acceptors (Lipinski definition) is 9. The van der Waals surface area contributed by atoms with Crippen molar-refractivity contribution < 1.29 is 42.9 Å². The Morgan fingerprint density at radius 3 is 1.12 bits per heavy atom. The van der Waals surface area contributed by atoms with E-state index < -0.39 is 31.2 Å². The van der Waals surface area contributed by atoms with Gasteiger partial charge >= 0.3 is 25.8 Å². The first-order valence-electron chi connectivity index (χ1n) is 4.17. The molecule has 17 heavy (non-hydrogen) atoms. The second kappa shape index (κ2) is 8.93. The highest BCUT2D eigenvalue weighted by Gasteiger charge is 2.29. The molecule has 0 aliphatic heterocycles. The molecule has 0 aliphatic rings. The molecule has 0 radical (unpaired) electrons. The molecule has 0 amide bonds. The highest BCUT2D eigenvalue weighted by Crippen LogP contribution is 2.36. The van der Waals surface area contributed by atoms with E-state index in [0.29, 0.717) is 0 Å².